The van der Waals surface area contributed by atoms with E-state index in [0.29, 0.717) is 0 Å². The van der Waals surface area contributed by atoms with Gasteiger partial charge >= 0.3 is 0 Å². The molecule has 0 unspecified atom stereocenters. The monoisotopic (exact) mass is 377 g/mol. The maximum Gasteiger partial charge on any atom is 0.0934 e. The van der Waals surface area contributed by atoms with Gasteiger partial charge in [0.15, 0.2) is 0 Å². The summed E-state index contributed by atoms with van der Waals surface area (Å²) in [7, 11) is -0.498. The average Bonchev–Trinajstić information content (AvgIpc) is 2.52. The summed E-state index contributed by atoms with van der Waals surface area (Å²) in [6, 6.07) is 8.88. The molecule has 0 saturated heterocycles. The van der Waals surface area contributed by atoms with Crippen molar-refractivity contribution in [1.29, 1.82) is 0 Å². The van der Waals surface area contributed by atoms with Gasteiger partial charge in [0.2, 0.25) is 0 Å². The standard InChI is InChI=1S/C16H26NP.2CHO.Mn/c1-6-11-17-12-15-9-7-8-10-16(15)18(13(2)3)14(4)5;2*1-2;/h7-10,13-14H,1,6,11-12H2,2-5H3;2*1H;/q-2;2*-1;/p+1. The number of hydrogen-bond donors (Lipinski definition) is 0. The van der Waals surface area contributed by atoms with Gasteiger partial charge in [0.1, 0.15) is 0 Å². The number of rotatable bonds is 7. The summed E-state index contributed by atoms with van der Waals surface area (Å²) in [6.45, 7) is 21.5. The van der Waals surface area contributed by atoms with Crippen molar-refractivity contribution >= 4 is 26.8 Å². The van der Waals surface area contributed by atoms with Crippen LogP contribution in [0.25, 0.3) is 5.32 Å². The van der Waals surface area contributed by atoms with E-state index in [1.54, 1.807) is 5.30 Å². The Morgan fingerprint density at radius 1 is 1.04 bits per heavy atom. The molecule has 1 aromatic carbocycles. The van der Waals surface area contributed by atoms with E-state index in [4.69, 9.17) is 9.59 Å². The first-order valence-electron chi connectivity index (χ1n) is 7.42. The molecule has 1 aromatic rings. The molecule has 0 fully saturated rings. The molecular weight excluding hydrogens is 348 g/mol. The third kappa shape index (κ3) is 10.8. The van der Waals surface area contributed by atoms with E-state index in [1.165, 1.54) is 5.56 Å². The third-order valence-corrected chi connectivity index (χ3v) is 6.77. The summed E-state index contributed by atoms with van der Waals surface area (Å²) in [4.78, 5) is 15.5. The molecular formula is C18H29MnNO2P-3. The van der Waals surface area contributed by atoms with E-state index in [9.17, 15) is 0 Å². The molecule has 0 heterocycles. The predicted molar refractivity (Wildman–Crippen MR) is 100 cm³/mol. The molecule has 0 atom stereocenters. The largest absolute Gasteiger partial charge is 0.660 e. The maximum atomic E-state index is 7.75. The minimum atomic E-state index is -0.498. The second-order valence-electron chi connectivity index (χ2n) is 5.38. The van der Waals surface area contributed by atoms with Crippen LogP contribution < -0.4 is 5.30 Å². The molecule has 0 spiro atoms. The van der Waals surface area contributed by atoms with Gasteiger partial charge in [0.25, 0.3) is 0 Å². The van der Waals surface area contributed by atoms with E-state index in [2.05, 4.69) is 77.8 Å². The van der Waals surface area contributed by atoms with Crippen molar-refractivity contribution in [3.8, 4) is 0 Å². The van der Waals surface area contributed by atoms with E-state index in [1.807, 2.05) is 0 Å². The van der Waals surface area contributed by atoms with Crippen LogP contribution in [0.5, 0.6) is 0 Å². The molecule has 0 aliphatic carbocycles. The van der Waals surface area contributed by atoms with Crippen LogP contribution in [0, 0.1) is 6.92 Å². The van der Waals surface area contributed by atoms with Gasteiger partial charge in [-0.3, -0.25) is 13.6 Å². The minimum Gasteiger partial charge on any atom is -0.660 e. The third-order valence-electron chi connectivity index (χ3n) is 3.17. The molecule has 0 aliphatic rings. The predicted octanol–water partition coefficient (Wildman–Crippen LogP) is 3.89. The van der Waals surface area contributed by atoms with Gasteiger partial charge in [-0.2, -0.15) is 6.54 Å². The Hall–Kier alpha value is -0.531. The van der Waals surface area contributed by atoms with Gasteiger partial charge in [-0.05, 0) is 39.3 Å². The summed E-state index contributed by atoms with van der Waals surface area (Å²) < 4.78 is 0. The summed E-state index contributed by atoms with van der Waals surface area (Å²) in [6.07, 6.45) is 0.897. The Balaban J connectivity index is -0.000000739. The molecule has 133 valence electrons. The molecule has 23 heavy (non-hydrogen) atoms. The van der Waals surface area contributed by atoms with Gasteiger partial charge in [-0.1, -0.05) is 18.2 Å². The molecule has 0 N–H and O–H groups in total. The first-order valence-corrected chi connectivity index (χ1v) is 9.08. The number of hydrogen-bond acceptors (Lipinski definition) is 2. The van der Waals surface area contributed by atoms with Crippen LogP contribution in [0.3, 0.4) is 0 Å². The van der Waals surface area contributed by atoms with E-state index >= 15 is 0 Å². The molecule has 1 radical (unpaired) electrons. The van der Waals surface area contributed by atoms with Crippen LogP contribution in [0.4, 0.5) is 0 Å². The average molecular weight is 377 g/mol. The molecule has 0 saturated carbocycles. The van der Waals surface area contributed by atoms with Gasteiger partial charge < -0.3 is 21.8 Å². The maximum absolute atomic E-state index is 7.75. The zero-order valence-electron chi connectivity index (χ0n) is 14.6. The van der Waals surface area contributed by atoms with Crippen LogP contribution in [-0.2, 0) is 33.2 Å². The molecule has 0 bridgehead atoms. The fourth-order valence-electron chi connectivity index (χ4n) is 2.54. The van der Waals surface area contributed by atoms with Gasteiger partial charge in [-0.25, -0.2) is 6.42 Å². The second-order valence-corrected chi connectivity index (χ2v) is 9.14. The minimum absolute atomic E-state index is 0. The fraction of sp³-hybridized carbons (Fsp3) is 0.500. The second kappa shape index (κ2) is 17.8. The SMILES string of the molecule is [CH-]=O.[CH-]=O.[CH2-]CC[N-]Cc1ccccc1[PH+](C(C)C)C(C)C.[Mn]. The first kappa shape index (κ1) is 27.3. The van der Waals surface area contributed by atoms with Crippen molar-refractivity contribution in [1.82, 2.24) is 0 Å². The fourth-order valence-corrected chi connectivity index (χ4v) is 5.94. The Morgan fingerprint density at radius 2 is 1.52 bits per heavy atom. The zero-order chi connectivity index (χ0) is 17.5. The Morgan fingerprint density at radius 3 is 1.96 bits per heavy atom. The summed E-state index contributed by atoms with van der Waals surface area (Å²) in [5.41, 5.74) is 2.97. The van der Waals surface area contributed by atoms with Crippen LogP contribution in [0.15, 0.2) is 24.3 Å². The van der Waals surface area contributed by atoms with Crippen molar-refractivity contribution in [2.45, 2.75) is 52.0 Å². The van der Waals surface area contributed by atoms with Crippen LogP contribution in [0.2, 0.25) is 0 Å². The topological polar surface area (TPSA) is 48.2 Å². The Labute approximate surface area is 154 Å². The molecule has 5 heteroatoms. The van der Waals surface area contributed by atoms with Crippen LogP contribution >= 0.6 is 7.92 Å². The van der Waals surface area contributed by atoms with E-state index in [-0.39, 0.29) is 17.1 Å². The Kier molecular flexibility index (Phi) is 21.2. The van der Waals surface area contributed by atoms with E-state index < -0.39 is 7.92 Å². The first-order chi connectivity index (χ1) is 10.6. The molecule has 0 aliphatic heterocycles. The molecule has 0 amide bonds. The summed E-state index contributed by atoms with van der Waals surface area (Å²) in [5.74, 6) is 0. The molecule has 3 nitrogen and oxygen atoms in total. The molecule has 1 rings (SSSR count). The van der Waals surface area contributed by atoms with Crippen LogP contribution in [-0.4, -0.2) is 31.4 Å². The van der Waals surface area contributed by atoms with Gasteiger partial charge in [0.05, 0.1) is 16.6 Å². The van der Waals surface area contributed by atoms with Crippen molar-refractivity contribution in [2.75, 3.05) is 6.54 Å². The summed E-state index contributed by atoms with van der Waals surface area (Å²) >= 11 is 0. The summed E-state index contributed by atoms with van der Waals surface area (Å²) in [5, 5.41) is 6.16. The molecule has 0 aromatic heterocycles. The number of carbonyl (C=O) groups excluding carboxylic acids is 2. The smallest absolute Gasteiger partial charge is 0.0934 e. The van der Waals surface area contributed by atoms with Crippen LogP contribution in [0.1, 0.15) is 39.7 Å². The Bertz CT molecular complexity index is 379. The van der Waals surface area contributed by atoms with Crippen molar-refractivity contribution < 1.29 is 26.7 Å². The van der Waals surface area contributed by atoms with E-state index in [0.717, 1.165) is 30.8 Å². The number of benzene rings is 1. The quantitative estimate of drug-likeness (QED) is 0.238. The normalized spacial score (nSPS) is 9.57. The van der Waals surface area contributed by atoms with Crippen molar-refractivity contribution in [3.05, 3.63) is 42.1 Å². The van der Waals surface area contributed by atoms with Crippen molar-refractivity contribution in [2.24, 2.45) is 0 Å². The zero-order valence-corrected chi connectivity index (χ0v) is 16.8. The van der Waals surface area contributed by atoms with Gasteiger partial charge in [-0.15, -0.1) is 6.54 Å². The van der Waals surface area contributed by atoms with Gasteiger partial charge in [0, 0.05) is 25.0 Å². The van der Waals surface area contributed by atoms with Crippen molar-refractivity contribution in [3.63, 3.8) is 0 Å². The number of nitrogens with zero attached hydrogens (tertiary/aromatic N) is 1.